The molecule has 5 nitrogen and oxygen atoms in total. The van der Waals surface area contributed by atoms with Gasteiger partial charge in [0.05, 0.1) is 5.56 Å². The van der Waals surface area contributed by atoms with E-state index < -0.39 is 0 Å². The molecule has 0 bridgehead atoms. The Morgan fingerprint density at radius 2 is 2.05 bits per heavy atom. The van der Waals surface area contributed by atoms with E-state index >= 15 is 0 Å². The van der Waals surface area contributed by atoms with Gasteiger partial charge in [-0.25, -0.2) is 4.98 Å². The highest BCUT2D eigenvalue weighted by Gasteiger charge is 2.14. The zero-order valence-electron chi connectivity index (χ0n) is 12.1. The van der Waals surface area contributed by atoms with Gasteiger partial charge in [-0.05, 0) is 52.7 Å². The predicted octanol–water partition coefficient (Wildman–Crippen LogP) is 3.05. The van der Waals surface area contributed by atoms with Crippen LogP contribution in [0.1, 0.15) is 15.9 Å². The van der Waals surface area contributed by atoms with Crippen LogP contribution >= 0.6 is 15.9 Å². The lowest BCUT2D eigenvalue weighted by Crippen LogP contribution is -2.19. The molecular formula is C15H17BrN4O. The molecule has 3 N–H and O–H groups in total. The minimum Gasteiger partial charge on any atom is -0.399 e. The van der Waals surface area contributed by atoms with E-state index in [-0.39, 0.29) is 5.91 Å². The normalized spacial score (nSPS) is 10.3. The molecule has 0 spiro atoms. The molecule has 110 valence electrons. The summed E-state index contributed by atoms with van der Waals surface area (Å²) >= 11 is 3.38. The largest absolute Gasteiger partial charge is 0.399 e. The number of nitrogens with one attached hydrogen (secondary N) is 1. The number of nitrogens with two attached hydrogens (primary N) is 1. The fourth-order valence-electron chi connectivity index (χ4n) is 1.92. The van der Waals surface area contributed by atoms with E-state index in [0.29, 0.717) is 17.1 Å². The zero-order chi connectivity index (χ0) is 15.6. The van der Waals surface area contributed by atoms with Gasteiger partial charge in [0.1, 0.15) is 5.82 Å². The summed E-state index contributed by atoms with van der Waals surface area (Å²) in [4.78, 5) is 18.5. The molecule has 1 aromatic heterocycles. The monoisotopic (exact) mass is 348 g/mol. The number of hydrogen-bond donors (Lipinski definition) is 2. The van der Waals surface area contributed by atoms with Gasteiger partial charge in [-0.1, -0.05) is 0 Å². The maximum absolute atomic E-state index is 12.4. The summed E-state index contributed by atoms with van der Waals surface area (Å²) in [5, 5.41) is 2.80. The molecule has 0 aliphatic rings. The molecule has 0 saturated carbocycles. The Kier molecular flexibility index (Phi) is 4.47. The molecule has 1 heterocycles. The fourth-order valence-corrected chi connectivity index (χ4v) is 2.13. The summed E-state index contributed by atoms with van der Waals surface area (Å²) in [6.45, 7) is 1.94. The van der Waals surface area contributed by atoms with Gasteiger partial charge in [-0.3, -0.25) is 4.79 Å². The van der Waals surface area contributed by atoms with Crippen molar-refractivity contribution in [1.82, 2.24) is 4.98 Å². The highest BCUT2D eigenvalue weighted by molar-refractivity contribution is 9.10. The Balaban J connectivity index is 2.31. The average molecular weight is 349 g/mol. The molecule has 0 unspecified atom stereocenters. The molecule has 2 rings (SSSR count). The standard InChI is InChI=1S/C15H17BrN4O/c1-9-6-14(18-8-12(9)16)19-15(21)11-7-10(17)4-5-13(11)20(2)3/h4-8H,17H2,1-3H3,(H,18,19,21). The summed E-state index contributed by atoms with van der Waals surface area (Å²) in [6.07, 6.45) is 1.66. The smallest absolute Gasteiger partial charge is 0.258 e. The third kappa shape index (κ3) is 3.52. The number of hydrogen-bond acceptors (Lipinski definition) is 4. The van der Waals surface area contributed by atoms with Crippen molar-refractivity contribution in [1.29, 1.82) is 0 Å². The minimum absolute atomic E-state index is 0.236. The second kappa shape index (κ2) is 6.13. The van der Waals surface area contributed by atoms with E-state index in [9.17, 15) is 4.79 Å². The summed E-state index contributed by atoms with van der Waals surface area (Å²) in [7, 11) is 3.76. The van der Waals surface area contributed by atoms with E-state index in [0.717, 1.165) is 15.7 Å². The molecule has 0 saturated heterocycles. The number of benzene rings is 1. The number of pyridine rings is 1. The van der Waals surface area contributed by atoms with Crippen molar-refractivity contribution in [3.8, 4) is 0 Å². The Morgan fingerprint density at radius 3 is 2.67 bits per heavy atom. The molecule has 21 heavy (non-hydrogen) atoms. The van der Waals surface area contributed by atoms with Gasteiger partial charge in [-0.2, -0.15) is 0 Å². The lowest BCUT2D eigenvalue weighted by molar-refractivity contribution is 0.102. The van der Waals surface area contributed by atoms with Crippen molar-refractivity contribution in [2.75, 3.05) is 30.0 Å². The number of aryl methyl sites for hydroxylation is 1. The summed E-state index contributed by atoms with van der Waals surface area (Å²) in [5.41, 5.74) is 8.65. The van der Waals surface area contributed by atoms with Gasteiger partial charge >= 0.3 is 0 Å². The number of anilines is 3. The van der Waals surface area contributed by atoms with Crippen molar-refractivity contribution in [2.24, 2.45) is 0 Å². The first-order valence-corrected chi connectivity index (χ1v) is 7.18. The minimum atomic E-state index is -0.236. The van der Waals surface area contributed by atoms with Crippen molar-refractivity contribution < 1.29 is 4.79 Å². The third-order valence-corrected chi connectivity index (χ3v) is 3.87. The maximum atomic E-state index is 12.4. The maximum Gasteiger partial charge on any atom is 0.258 e. The molecule has 0 atom stereocenters. The van der Waals surface area contributed by atoms with Crippen LogP contribution in [0.5, 0.6) is 0 Å². The van der Waals surface area contributed by atoms with Crippen LogP contribution in [0.3, 0.4) is 0 Å². The summed E-state index contributed by atoms with van der Waals surface area (Å²) < 4.78 is 0.901. The zero-order valence-corrected chi connectivity index (χ0v) is 13.7. The number of nitrogens with zero attached hydrogens (tertiary/aromatic N) is 2. The van der Waals surface area contributed by atoms with Gasteiger partial charge in [-0.15, -0.1) is 0 Å². The number of aromatic nitrogens is 1. The number of carbonyl (C=O) groups excluding carboxylic acids is 1. The highest BCUT2D eigenvalue weighted by Crippen LogP contribution is 2.23. The first-order chi connectivity index (χ1) is 9.88. The van der Waals surface area contributed by atoms with E-state index in [1.54, 1.807) is 18.3 Å². The van der Waals surface area contributed by atoms with Gasteiger partial charge in [0.25, 0.3) is 5.91 Å². The van der Waals surface area contributed by atoms with E-state index in [2.05, 4.69) is 26.2 Å². The lowest BCUT2D eigenvalue weighted by Gasteiger charge is -2.17. The highest BCUT2D eigenvalue weighted by atomic mass is 79.9. The molecule has 0 radical (unpaired) electrons. The summed E-state index contributed by atoms with van der Waals surface area (Å²) in [5.74, 6) is 0.271. The van der Waals surface area contributed by atoms with Gasteiger partial charge in [0, 0.05) is 36.1 Å². The molecule has 0 aliphatic heterocycles. The molecule has 0 fully saturated rings. The van der Waals surface area contributed by atoms with Crippen molar-refractivity contribution >= 4 is 39.0 Å². The Hall–Kier alpha value is -2.08. The van der Waals surface area contributed by atoms with Crippen molar-refractivity contribution in [3.63, 3.8) is 0 Å². The van der Waals surface area contributed by atoms with E-state index in [1.807, 2.05) is 38.1 Å². The number of carbonyl (C=O) groups is 1. The molecule has 1 amide bonds. The molecule has 1 aromatic carbocycles. The SMILES string of the molecule is Cc1cc(NC(=O)c2cc(N)ccc2N(C)C)ncc1Br. The van der Waals surface area contributed by atoms with Gasteiger partial charge in [0.15, 0.2) is 0 Å². The van der Waals surface area contributed by atoms with Crippen LogP contribution in [-0.2, 0) is 0 Å². The quantitative estimate of drug-likeness (QED) is 0.836. The Labute approximate surface area is 132 Å². The van der Waals surface area contributed by atoms with Crippen molar-refractivity contribution in [3.05, 3.63) is 46.1 Å². The first kappa shape index (κ1) is 15.3. The fraction of sp³-hybridized carbons (Fsp3) is 0.200. The lowest BCUT2D eigenvalue weighted by atomic mass is 10.1. The summed E-state index contributed by atoms with van der Waals surface area (Å²) in [6, 6.07) is 7.07. The van der Waals surface area contributed by atoms with Crippen LogP contribution in [-0.4, -0.2) is 25.0 Å². The molecule has 6 heteroatoms. The van der Waals surface area contributed by atoms with Crippen LogP contribution in [0.25, 0.3) is 0 Å². The third-order valence-electron chi connectivity index (χ3n) is 3.04. The molecular weight excluding hydrogens is 332 g/mol. The van der Waals surface area contributed by atoms with Crippen LogP contribution in [0.4, 0.5) is 17.2 Å². The first-order valence-electron chi connectivity index (χ1n) is 6.39. The van der Waals surface area contributed by atoms with Crippen LogP contribution in [0.2, 0.25) is 0 Å². The molecule has 2 aromatic rings. The van der Waals surface area contributed by atoms with E-state index in [1.165, 1.54) is 0 Å². The van der Waals surface area contributed by atoms with Gasteiger partial charge in [0.2, 0.25) is 0 Å². The second-order valence-electron chi connectivity index (χ2n) is 4.94. The average Bonchev–Trinajstić information content (AvgIpc) is 2.42. The van der Waals surface area contributed by atoms with Gasteiger partial charge < -0.3 is 16.0 Å². The Bertz CT molecular complexity index is 685. The number of amides is 1. The van der Waals surface area contributed by atoms with Crippen LogP contribution in [0, 0.1) is 6.92 Å². The van der Waals surface area contributed by atoms with Crippen LogP contribution < -0.4 is 16.0 Å². The van der Waals surface area contributed by atoms with Crippen LogP contribution in [0.15, 0.2) is 34.9 Å². The number of rotatable bonds is 3. The topological polar surface area (TPSA) is 71.2 Å². The Morgan fingerprint density at radius 1 is 1.33 bits per heavy atom. The number of halogens is 1. The number of nitrogen functional groups attached to an aromatic ring is 1. The predicted molar refractivity (Wildman–Crippen MR) is 89.8 cm³/mol. The molecule has 0 aliphatic carbocycles. The second-order valence-corrected chi connectivity index (χ2v) is 5.80. The van der Waals surface area contributed by atoms with Crippen molar-refractivity contribution in [2.45, 2.75) is 6.92 Å². The van der Waals surface area contributed by atoms with E-state index in [4.69, 9.17) is 5.73 Å².